The van der Waals surface area contributed by atoms with E-state index in [1.54, 1.807) is 0 Å². The summed E-state index contributed by atoms with van der Waals surface area (Å²) in [6.45, 7) is 0. The van der Waals surface area contributed by atoms with E-state index in [0.717, 1.165) is 24.3 Å². The van der Waals surface area contributed by atoms with Crippen LogP contribution in [0.4, 0.5) is 28.7 Å². The molecule has 0 unspecified atom stereocenters. The minimum absolute atomic E-state index is 0.125. The van der Waals surface area contributed by atoms with Crippen LogP contribution < -0.4 is 16.4 Å². The third kappa shape index (κ3) is 6.04. The SMILES string of the molecule is Nc1ccc(Nc2ccc(Nc3nc(Cl)nc(Cl)n3)c(S(=O)(=O)O)c2)c2c1C(=O)c1ccc(S(=O)(=O)O)c(S(=O)(=O)O)c1C2=O. The number of hydrogen-bond acceptors (Lipinski definition) is 14. The van der Waals surface area contributed by atoms with Crippen LogP contribution in [0.1, 0.15) is 31.8 Å². The van der Waals surface area contributed by atoms with Crippen LogP contribution in [0.3, 0.4) is 0 Å². The summed E-state index contributed by atoms with van der Waals surface area (Å²) in [5, 5.41) is 4.51. The van der Waals surface area contributed by atoms with Gasteiger partial charge in [0.15, 0.2) is 11.6 Å². The van der Waals surface area contributed by atoms with Gasteiger partial charge in [0.1, 0.15) is 14.7 Å². The van der Waals surface area contributed by atoms with E-state index in [-0.39, 0.29) is 39.3 Å². The molecule has 1 aromatic heterocycles. The third-order valence-electron chi connectivity index (χ3n) is 6.19. The van der Waals surface area contributed by atoms with E-state index in [4.69, 9.17) is 28.9 Å². The fraction of sp³-hybridized carbons (Fsp3) is 0. The predicted octanol–water partition coefficient (Wildman–Crippen LogP) is 2.76. The molecule has 4 aromatic rings. The Hall–Kier alpha value is -4.28. The van der Waals surface area contributed by atoms with Gasteiger partial charge in [-0.25, -0.2) is 0 Å². The first-order valence-corrected chi connectivity index (χ1v) is 16.7. The van der Waals surface area contributed by atoms with Crippen molar-refractivity contribution in [2.24, 2.45) is 0 Å². The molecule has 3 aromatic carbocycles. The standard InChI is InChI=1S/C23H14Cl2N6O11S3/c24-21-29-22(25)31-23(30-21)28-11-4-1-8(7-14(11)44(37,38)39)27-12-5-3-10(26)16-17(12)19(33)15-9(18(16)32)2-6-13(43(34,35)36)20(15)45(40,41)42/h1-7,27H,26H2,(H,34,35,36)(H,37,38,39)(H,40,41,42)(H,28,29,30,31). The molecule has 234 valence electrons. The molecule has 0 fully saturated rings. The highest BCUT2D eigenvalue weighted by atomic mass is 35.5. The largest absolute Gasteiger partial charge is 0.398 e. The first-order valence-electron chi connectivity index (χ1n) is 11.6. The van der Waals surface area contributed by atoms with Gasteiger partial charge in [0.25, 0.3) is 30.4 Å². The Kier molecular flexibility index (Phi) is 7.82. The minimum Gasteiger partial charge on any atom is -0.398 e. The number of anilines is 5. The van der Waals surface area contributed by atoms with Gasteiger partial charge in [-0.15, -0.1) is 0 Å². The summed E-state index contributed by atoms with van der Waals surface area (Å²) >= 11 is 11.5. The molecule has 0 saturated heterocycles. The van der Waals surface area contributed by atoms with Crippen molar-refractivity contribution >= 4 is 93.8 Å². The summed E-state index contributed by atoms with van der Waals surface area (Å²) in [7, 11) is -15.9. The van der Waals surface area contributed by atoms with Crippen molar-refractivity contribution in [2.45, 2.75) is 14.7 Å². The fourth-order valence-electron chi connectivity index (χ4n) is 4.48. The lowest BCUT2D eigenvalue weighted by Gasteiger charge is -2.24. The molecular weight excluding hydrogens is 703 g/mol. The highest BCUT2D eigenvalue weighted by Crippen LogP contribution is 2.41. The Balaban J connectivity index is 1.66. The molecule has 0 atom stereocenters. The Bertz CT molecular complexity index is 2310. The maximum absolute atomic E-state index is 13.8. The number of aromatic nitrogens is 3. The number of rotatable bonds is 7. The van der Waals surface area contributed by atoms with Crippen LogP contribution in [0.25, 0.3) is 0 Å². The minimum atomic E-state index is -5.55. The Morgan fingerprint density at radius 1 is 0.644 bits per heavy atom. The molecule has 0 amide bonds. The summed E-state index contributed by atoms with van der Waals surface area (Å²) in [6.07, 6.45) is 0. The molecule has 22 heteroatoms. The zero-order valence-electron chi connectivity index (χ0n) is 21.5. The Labute approximate surface area is 262 Å². The number of carbonyl (C=O) groups excluding carboxylic acids is 2. The van der Waals surface area contributed by atoms with Crippen LogP contribution in [-0.4, -0.2) is 65.4 Å². The van der Waals surface area contributed by atoms with Crippen molar-refractivity contribution in [1.29, 1.82) is 0 Å². The van der Waals surface area contributed by atoms with Crippen molar-refractivity contribution in [1.82, 2.24) is 15.0 Å². The molecule has 0 radical (unpaired) electrons. The van der Waals surface area contributed by atoms with Crippen LogP contribution in [0.15, 0.2) is 57.2 Å². The van der Waals surface area contributed by atoms with Gasteiger partial charge in [-0.1, -0.05) is 0 Å². The highest BCUT2D eigenvalue weighted by Gasteiger charge is 2.41. The van der Waals surface area contributed by atoms with E-state index in [2.05, 4.69) is 25.6 Å². The van der Waals surface area contributed by atoms with E-state index >= 15 is 0 Å². The summed E-state index contributed by atoms with van der Waals surface area (Å²) in [5.74, 6) is -2.63. The van der Waals surface area contributed by atoms with Gasteiger partial charge in [0.2, 0.25) is 16.5 Å². The second-order valence-corrected chi connectivity index (χ2v) is 13.8. The molecule has 0 bridgehead atoms. The first-order chi connectivity index (χ1) is 20.8. The number of ketones is 2. The van der Waals surface area contributed by atoms with Crippen LogP contribution in [-0.2, 0) is 30.4 Å². The molecule has 1 aliphatic carbocycles. The van der Waals surface area contributed by atoms with Gasteiger partial charge < -0.3 is 16.4 Å². The number of benzene rings is 3. The lowest BCUT2D eigenvalue weighted by atomic mass is 9.82. The molecule has 1 aliphatic rings. The lowest BCUT2D eigenvalue weighted by molar-refractivity contribution is 0.0977. The maximum Gasteiger partial charge on any atom is 0.296 e. The number of nitrogens with zero attached hydrogens (tertiary/aromatic N) is 3. The quantitative estimate of drug-likeness (QED) is 0.104. The van der Waals surface area contributed by atoms with Gasteiger partial charge in [-0.3, -0.25) is 23.2 Å². The van der Waals surface area contributed by atoms with E-state index in [9.17, 15) is 48.5 Å². The number of nitrogen functional groups attached to an aromatic ring is 1. The van der Waals surface area contributed by atoms with E-state index < -0.39 is 78.9 Å². The second-order valence-electron chi connectivity index (χ2n) is 9.01. The number of carbonyl (C=O) groups is 2. The molecule has 7 N–H and O–H groups in total. The van der Waals surface area contributed by atoms with E-state index in [1.807, 2.05) is 0 Å². The first kappa shape index (κ1) is 32.1. The number of hydrogen-bond donors (Lipinski definition) is 6. The van der Waals surface area contributed by atoms with Crippen LogP contribution in [0, 0.1) is 0 Å². The van der Waals surface area contributed by atoms with E-state index in [1.165, 1.54) is 12.1 Å². The summed E-state index contributed by atoms with van der Waals surface area (Å²) < 4.78 is 102. The Morgan fingerprint density at radius 3 is 1.82 bits per heavy atom. The molecule has 0 aliphatic heterocycles. The molecule has 0 spiro atoms. The molecule has 0 saturated carbocycles. The van der Waals surface area contributed by atoms with Crippen LogP contribution in [0.5, 0.6) is 0 Å². The van der Waals surface area contributed by atoms with Crippen molar-refractivity contribution in [3.8, 4) is 0 Å². The summed E-state index contributed by atoms with van der Waals surface area (Å²) in [5.41, 5.74) is 2.34. The smallest absolute Gasteiger partial charge is 0.296 e. The van der Waals surface area contributed by atoms with Gasteiger partial charge >= 0.3 is 0 Å². The van der Waals surface area contributed by atoms with Gasteiger partial charge in [0, 0.05) is 16.9 Å². The number of nitrogens with one attached hydrogen (secondary N) is 2. The monoisotopic (exact) mass is 716 g/mol. The van der Waals surface area contributed by atoms with Crippen molar-refractivity contribution in [3.63, 3.8) is 0 Å². The number of fused-ring (bicyclic) bond motifs is 2. The number of nitrogens with two attached hydrogens (primary N) is 1. The average Bonchev–Trinajstić information content (AvgIpc) is 2.90. The zero-order chi connectivity index (χ0) is 33.2. The van der Waals surface area contributed by atoms with Gasteiger partial charge in [0.05, 0.1) is 28.1 Å². The van der Waals surface area contributed by atoms with Crippen molar-refractivity contribution in [2.75, 3.05) is 16.4 Å². The molecule has 1 heterocycles. The highest BCUT2D eigenvalue weighted by molar-refractivity contribution is 7.89. The molecule has 5 rings (SSSR count). The molecular formula is C23H14Cl2N6O11S3. The van der Waals surface area contributed by atoms with Crippen LogP contribution >= 0.6 is 23.2 Å². The Morgan fingerprint density at radius 2 is 1.24 bits per heavy atom. The molecule has 45 heavy (non-hydrogen) atoms. The number of halogens is 2. The fourth-order valence-corrected chi connectivity index (χ4v) is 7.50. The van der Waals surface area contributed by atoms with Crippen molar-refractivity contribution < 1.29 is 48.5 Å². The maximum atomic E-state index is 13.8. The lowest BCUT2D eigenvalue weighted by Crippen LogP contribution is -2.27. The zero-order valence-corrected chi connectivity index (χ0v) is 25.5. The third-order valence-corrected chi connectivity index (χ3v) is 9.38. The normalized spacial score (nSPS) is 13.3. The second kappa shape index (κ2) is 11.0. The summed E-state index contributed by atoms with van der Waals surface area (Å²) in [4.78, 5) is 34.7. The van der Waals surface area contributed by atoms with Gasteiger partial charge in [-0.05, 0) is 65.7 Å². The topological polar surface area (TPSA) is 286 Å². The van der Waals surface area contributed by atoms with Gasteiger partial charge in [-0.2, -0.15) is 40.2 Å². The van der Waals surface area contributed by atoms with E-state index in [0.29, 0.717) is 6.07 Å². The predicted molar refractivity (Wildman–Crippen MR) is 156 cm³/mol. The summed E-state index contributed by atoms with van der Waals surface area (Å²) in [6, 6.07) is 6.93. The average molecular weight is 718 g/mol. The molecule has 17 nitrogen and oxygen atoms in total. The van der Waals surface area contributed by atoms with Crippen molar-refractivity contribution in [3.05, 3.63) is 75.3 Å². The van der Waals surface area contributed by atoms with Crippen LogP contribution in [0.2, 0.25) is 10.6 Å².